The van der Waals surface area contributed by atoms with Crippen LogP contribution in [0.5, 0.6) is 0 Å². The Hall–Kier alpha value is -2.21. The number of anilines is 2. The van der Waals surface area contributed by atoms with Crippen molar-refractivity contribution in [3.05, 3.63) is 42.7 Å². The number of nitrogens with one attached hydrogen (secondary N) is 1. The SMILES string of the molecule is CNS(=O)(=O)c1cnccc1N1CCN(c2ccc(S(N)(=O)=O)cc2)CC1. The number of pyridine rings is 1. The van der Waals surface area contributed by atoms with Gasteiger partial charge in [-0.1, -0.05) is 0 Å². The molecule has 9 nitrogen and oxygen atoms in total. The molecule has 1 saturated heterocycles. The molecule has 1 aliphatic rings. The van der Waals surface area contributed by atoms with Crippen LogP contribution in [0.25, 0.3) is 0 Å². The van der Waals surface area contributed by atoms with Crippen molar-refractivity contribution in [1.82, 2.24) is 9.71 Å². The van der Waals surface area contributed by atoms with Gasteiger partial charge in [0.15, 0.2) is 0 Å². The quantitative estimate of drug-likeness (QED) is 0.707. The molecule has 0 spiro atoms. The highest BCUT2D eigenvalue weighted by Crippen LogP contribution is 2.26. The molecule has 146 valence electrons. The van der Waals surface area contributed by atoms with Gasteiger partial charge < -0.3 is 9.80 Å². The van der Waals surface area contributed by atoms with Crippen LogP contribution < -0.4 is 19.7 Å². The van der Waals surface area contributed by atoms with E-state index in [4.69, 9.17) is 5.14 Å². The Morgan fingerprint density at radius 3 is 2.11 bits per heavy atom. The van der Waals surface area contributed by atoms with Crippen LogP contribution in [-0.2, 0) is 20.0 Å². The third kappa shape index (κ3) is 4.21. The van der Waals surface area contributed by atoms with Crippen molar-refractivity contribution < 1.29 is 16.8 Å². The fourth-order valence-corrected chi connectivity index (χ4v) is 4.41. The van der Waals surface area contributed by atoms with Gasteiger partial charge in [-0.15, -0.1) is 0 Å². The van der Waals surface area contributed by atoms with Gasteiger partial charge >= 0.3 is 0 Å². The number of piperazine rings is 1. The average molecular weight is 412 g/mol. The molecule has 11 heteroatoms. The molecule has 27 heavy (non-hydrogen) atoms. The van der Waals surface area contributed by atoms with Crippen LogP contribution in [0.2, 0.25) is 0 Å². The van der Waals surface area contributed by atoms with E-state index in [0.29, 0.717) is 31.9 Å². The van der Waals surface area contributed by atoms with Gasteiger partial charge in [0.2, 0.25) is 20.0 Å². The maximum Gasteiger partial charge on any atom is 0.243 e. The van der Waals surface area contributed by atoms with Crippen molar-refractivity contribution in [3.63, 3.8) is 0 Å². The van der Waals surface area contributed by atoms with E-state index in [2.05, 4.69) is 14.6 Å². The lowest BCUT2D eigenvalue weighted by Crippen LogP contribution is -2.47. The van der Waals surface area contributed by atoms with E-state index in [1.54, 1.807) is 24.4 Å². The van der Waals surface area contributed by atoms with E-state index in [1.165, 1.54) is 25.4 Å². The van der Waals surface area contributed by atoms with Crippen LogP contribution in [0.3, 0.4) is 0 Å². The Morgan fingerprint density at radius 2 is 1.56 bits per heavy atom. The summed E-state index contributed by atoms with van der Waals surface area (Å²) in [5.74, 6) is 0. The number of hydrogen-bond donors (Lipinski definition) is 2. The van der Waals surface area contributed by atoms with Crippen LogP contribution in [0.1, 0.15) is 0 Å². The molecule has 1 fully saturated rings. The number of benzene rings is 1. The molecule has 0 saturated carbocycles. The molecular formula is C16H21N5O4S2. The first kappa shape index (κ1) is 19.5. The highest BCUT2D eigenvalue weighted by molar-refractivity contribution is 7.89. The molecule has 0 atom stereocenters. The van der Waals surface area contributed by atoms with E-state index in [1.807, 2.05) is 4.90 Å². The second kappa shape index (κ2) is 7.43. The number of nitrogens with zero attached hydrogens (tertiary/aromatic N) is 3. The molecule has 1 aromatic heterocycles. The highest BCUT2D eigenvalue weighted by Gasteiger charge is 2.24. The Morgan fingerprint density at radius 1 is 0.963 bits per heavy atom. The van der Waals surface area contributed by atoms with Crippen molar-refractivity contribution in [1.29, 1.82) is 0 Å². The maximum atomic E-state index is 12.2. The zero-order valence-corrected chi connectivity index (χ0v) is 16.4. The predicted molar refractivity (Wildman–Crippen MR) is 103 cm³/mol. The molecule has 0 unspecified atom stereocenters. The largest absolute Gasteiger partial charge is 0.368 e. The first-order valence-electron chi connectivity index (χ1n) is 8.23. The van der Waals surface area contributed by atoms with Gasteiger partial charge in [-0.25, -0.2) is 26.7 Å². The van der Waals surface area contributed by atoms with Crippen molar-refractivity contribution in [2.75, 3.05) is 43.0 Å². The van der Waals surface area contributed by atoms with E-state index < -0.39 is 20.0 Å². The fourth-order valence-electron chi connectivity index (χ4n) is 3.00. The molecule has 3 N–H and O–H groups in total. The maximum absolute atomic E-state index is 12.2. The average Bonchev–Trinajstić information content (AvgIpc) is 2.67. The lowest BCUT2D eigenvalue weighted by atomic mass is 10.2. The van der Waals surface area contributed by atoms with E-state index >= 15 is 0 Å². The summed E-state index contributed by atoms with van der Waals surface area (Å²) in [4.78, 5) is 8.26. The number of sulfonamides is 2. The van der Waals surface area contributed by atoms with Crippen LogP contribution in [0.4, 0.5) is 11.4 Å². The van der Waals surface area contributed by atoms with Gasteiger partial charge in [-0.2, -0.15) is 0 Å². The summed E-state index contributed by atoms with van der Waals surface area (Å²) >= 11 is 0. The number of hydrogen-bond acceptors (Lipinski definition) is 7. The smallest absolute Gasteiger partial charge is 0.243 e. The summed E-state index contributed by atoms with van der Waals surface area (Å²) in [6.45, 7) is 2.56. The minimum Gasteiger partial charge on any atom is -0.368 e. The molecule has 3 rings (SSSR count). The first-order valence-corrected chi connectivity index (χ1v) is 11.3. The first-order chi connectivity index (χ1) is 12.7. The Balaban J connectivity index is 1.75. The van der Waals surface area contributed by atoms with Gasteiger partial charge in [-0.05, 0) is 37.4 Å². The van der Waals surface area contributed by atoms with Crippen molar-refractivity contribution >= 4 is 31.4 Å². The van der Waals surface area contributed by atoms with Crippen LogP contribution in [-0.4, -0.2) is 55.0 Å². The van der Waals surface area contributed by atoms with Crippen molar-refractivity contribution in [3.8, 4) is 0 Å². The zero-order valence-electron chi connectivity index (χ0n) is 14.7. The minimum absolute atomic E-state index is 0.0728. The molecule has 2 heterocycles. The second-order valence-electron chi connectivity index (χ2n) is 6.06. The van der Waals surface area contributed by atoms with Crippen molar-refractivity contribution in [2.45, 2.75) is 9.79 Å². The molecule has 0 aliphatic carbocycles. The predicted octanol–water partition coefficient (Wildman–Crippen LogP) is -0.0363. The summed E-state index contributed by atoms with van der Waals surface area (Å²) in [6.07, 6.45) is 2.92. The summed E-state index contributed by atoms with van der Waals surface area (Å²) in [5.41, 5.74) is 1.50. The summed E-state index contributed by atoms with van der Waals surface area (Å²) in [5, 5.41) is 5.12. The van der Waals surface area contributed by atoms with Gasteiger partial charge in [0, 0.05) is 44.3 Å². The Bertz CT molecular complexity index is 1020. The molecule has 2 aromatic rings. The van der Waals surface area contributed by atoms with Crippen LogP contribution in [0, 0.1) is 0 Å². The summed E-state index contributed by atoms with van der Waals surface area (Å²) in [7, 11) is -5.94. The zero-order chi connectivity index (χ0) is 19.7. The van der Waals surface area contributed by atoms with Gasteiger partial charge in [0.05, 0.1) is 10.6 Å². The summed E-state index contributed by atoms with van der Waals surface area (Å²) < 4.78 is 49.5. The topological polar surface area (TPSA) is 126 Å². The Labute approximate surface area is 158 Å². The number of rotatable bonds is 5. The van der Waals surface area contributed by atoms with Crippen molar-refractivity contribution in [2.24, 2.45) is 5.14 Å². The van der Waals surface area contributed by atoms with E-state index in [9.17, 15) is 16.8 Å². The van der Waals surface area contributed by atoms with E-state index in [0.717, 1.165) is 5.69 Å². The van der Waals surface area contributed by atoms with Crippen LogP contribution >= 0.6 is 0 Å². The molecule has 1 aromatic carbocycles. The minimum atomic E-state index is -3.71. The van der Waals surface area contributed by atoms with Crippen LogP contribution in [0.15, 0.2) is 52.5 Å². The molecule has 0 bridgehead atoms. The Kier molecular flexibility index (Phi) is 5.38. The normalized spacial score (nSPS) is 15.8. The lowest BCUT2D eigenvalue weighted by Gasteiger charge is -2.38. The lowest BCUT2D eigenvalue weighted by molar-refractivity contribution is 0.585. The van der Waals surface area contributed by atoms with Gasteiger partial charge in [-0.3, -0.25) is 4.98 Å². The highest BCUT2D eigenvalue weighted by atomic mass is 32.2. The van der Waals surface area contributed by atoms with Gasteiger partial charge in [0.25, 0.3) is 0 Å². The molecule has 0 amide bonds. The standard InChI is InChI=1S/C16H21N5O4S2/c1-18-27(24,25)16-12-19-7-6-15(16)21-10-8-20(9-11-21)13-2-4-14(5-3-13)26(17,22)23/h2-7,12,18H,8-11H2,1H3,(H2,17,22,23). The van der Waals surface area contributed by atoms with Gasteiger partial charge in [0.1, 0.15) is 4.90 Å². The number of nitrogens with two attached hydrogens (primary N) is 1. The monoisotopic (exact) mass is 411 g/mol. The molecule has 0 radical (unpaired) electrons. The molecule has 1 aliphatic heterocycles. The number of primary sulfonamides is 1. The third-order valence-electron chi connectivity index (χ3n) is 4.47. The number of aromatic nitrogens is 1. The third-order valence-corrected chi connectivity index (χ3v) is 6.83. The van der Waals surface area contributed by atoms with E-state index in [-0.39, 0.29) is 9.79 Å². The molecular weight excluding hydrogens is 390 g/mol. The fraction of sp³-hybridized carbons (Fsp3) is 0.312. The second-order valence-corrected chi connectivity index (χ2v) is 9.48. The summed E-state index contributed by atoms with van der Waals surface area (Å²) in [6, 6.07) is 8.10.